The second-order valence-electron chi connectivity index (χ2n) is 8.75. The average Bonchev–Trinajstić information content (AvgIpc) is 3.40. The van der Waals surface area contributed by atoms with E-state index in [1.807, 2.05) is 48.7 Å². The number of rotatable bonds is 9. The Morgan fingerprint density at radius 1 is 1.03 bits per heavy atom. The van der Waals surface area contributed by atoms with Gasteiger partial charge in [0.1, 0.15) is 18.1 Å². The Hall–Kier alpha value is -4.08. The molecule has 1 aliphatic heterocycles. The first kappa shape index (κ1) is 26.5. The van der Waals surface area contributed by atoms with E-state index in [0.29, 0.717) is 29.6 Å². The number of nitrogens with one attached hydrogen (secondary N) is 1. The van der Waals surface area contributed by atoms with Gasteiger partial charge < -0.3 is 14.6 Å². The number of benzene rings is 3. The van der Waals surface area contributed by atoms with E-state index >= 15 is 0 Å². The first-order valence-electron chi connectivity index (χ1n) is 12.1. The molecular weight excluding hydrogens is 541 g/mol. The van der Waals surface area contributed by atoms with Gasteiger partial charge in [0.2, 0.25) is 5.91 Å². The summed E-state index contributed by atoms with van der Waals surface area (Å²) in [6.07, 6.45) is 4.35. The predicted octanol–water partition coefficient (Wildman–Crippen LogP) is 6.58. The number of nitrogens with zero attached hydrogens (tertiary/aromatic N) is 2. The number of hydrogen-bond acceptors (Lipinski definition) is 5. The molecule has 0 aliphatic carbocycles. The number of fused-ring (bicyclic) bond motifs is 1. The lowest BCUT2D eigenvalue weighted by Gasteiger charge is -2.12. The Bertz CT molecular complexity index is 1590. The summed E-state index contributed by atoms with van der Waals surface area (Å²) < 4.78 is 21.0. The SMILES string of the molecule is O=C(CN1C(=O)S/C(=C\c2cn(CCCOc3ccccc3Cl)c3ccccc23)C1=O)Nc1ccc(F)cc1. The summed E-state index contributed by atoms with van der Waals surface area (Å²) in [4.78, 5) is 39.2. The van der Waals surface area contributed by atoms with Gasteiger partial charge in [-0.15, -0.1) is 0 Å². The molecule has 5 rings (SSSR count). The van der Waals surface area contributed by atoms with Gasteiger partial charge in [-0.05, 0) is 66.7 Å². The molecule has 3 amide bonds. The highest BCUT2D eigenvalue weighted by Crippen LogP contribution is 2.34. The van der Waals surface area contributed by atoms with Crippen molar-refractivity contribution in [3.63, 3.8) is 0 Å². The van der Waals surface area contributed by atoms with Crippen LogP contribution in [-0.4, -0.2) is 39.7 Å². The molecule has 2 heterocycles. The normalized spacial score (nSPS) is 14.4. The molecular formula is C29H23ClFN3O4S. The minimum Gasteiger partial charge on any atom is -0.492 e. The molecule has 1 N–H and O–H groups in total. The molecule has 0 radical (unpaired) electrons. The van der Waals surface area contributed by atoms with Crippen LogP contribution < -0.4 is 10.1 Å². The largest absolute Gasteiger partial charge is 0.492 e. The van der Waals surface area contributed by atoms with Gasteiger partial charge in [-0.1, -0.05) is 41.9 Å². The third-order valence-corrected chi connectivity index (χ3v) is 7.27. The van der Waals surface area contributed by atoms with Crippen LogP contribution >= 0.6 is 23.4 Å². The van der Waals surface area contributed by atoms with Gasteiger partial charge in [0.05, 0.1) is 16.5 Å². The molecule has 3 aromatic carbocycles. The van der Waals surface area contributed by atoms with Gasteiger partial charge in [-0.2, -0.15) is 0 Å². The molecule has 1 fully saturated rings. The maximum atomic E-state index is 13.1. The standard InChI is InChI=1S/C29H23ClFN3O4S/c30-23-7-2-4-9-25(23)38-15-5-14-33-17-19(22-6-1-3-8-24(22)33)16-26-28(36)34(29(37)39-26)18-27(35)32-21-12-10-20(31)11-13-21/h1-4,6-13,16-17H,5,14-15,18H2,(H,32,35)/b26-16-. The number of amides is 3. The molecule has 39 heavy (non-hydrogen) atoms. The van der Waals surface area contributed by atoms with Gasteiger partial charge in [0, 0.05) is 34.9 Å². The molecule has 10 heteroatoms. The molecule has 0 bridgehead atoms. The number of imide groups is 1. The zero-order valence-corrected chi connectivity index (χ0v) is 22.2. The van der Waals surface area contributed by atoms with Crippen LogP contribution in [-0.2, 0) is 16.1 Å². The lowest BCUT2D eigenvalue weighted by atomic mass is 10.1. The lowest BCUT2D eigenvalue weighted by Crippen LogP contribution is -2.36. The van der Waals surface area contributed by atoms with Crippen LogP contribution in [0.5, 0.6) is 5.75 Å². The fourth-order valence-electron chi connectivity index (χ4n) is 4.21. The van der Waals surface area contributed by atoms with Crippen molar-refractivity contribution in [3.8, 4) is 5.75 Å². The van der Waals surface area contributed by atoms with E-state index in [-0.39, 0.29) is 4.91 Å². The number of para-hydroxylation sites is 2. The Kier molecular flexibility index (Phi) is 7.99. The van der Waals surface area contributed by atoms with Crippen molar-refractivity contribution in [1.82, 2.24) is 9.47 Å². The summed E-state index contributed by atoms with van der Waals surface area (Å²) in [6, 6.07) is 20.3. The smallest absolute Gasteiger partial charge is 0.294 e. The zero-order chi connectivity index (χ0) is 27.4. The second kappa shape index (κ2) is 11.8. The van der Waals surface area contributed by atoms with E-state index in [4.69, 9.17) is 16.3 Å². The molecule has 1 aromatic heterocycles. The Labute approximate surface area is 233 Å². The van der Waals surface area contributed by atoms with Crippen LogP contribution in [0, 0.1) is 5.82 Å². The second-order valence-corrected chi connectivity index (χ2v) is 10.2. The lowest BCUT2D eigenvalue weighted by molar-refractivity contribution is -0.127. The number of halogens is 2. The minimum absolute atomic E-state index is 0.236. The third kappa shape index (κ3) is 6.16. The molecule has 0 spiro atoms. The Morgan fingerprint density at radius 2 is 1.77 bits per heavy atom. The maximum absolute atomic E-state index is 13.1. The minimum atomic E-state index is -0.555. The van der Waals surface area contributed by atoms with Gasteiger partial charge in [-0.3, -0.25) is 19.3 Å². The first-order valence-corrected chi connectivity index (χ1v) is 13.3. The topological polar surface area (TPSA) is 80.6 Å². The summed E-state index contributed by atoms with van der Waals surface area (Å²) >= 11 is 6.95. The summed E-state index contributed by atoms with van der Waals surface area (Å²) in [5, 5.41) is 3.54. The molecule has 7 nitrogen and oxygen atoms in total. The van der Waals surface area contributed by atoms with Crippen molar-refractivity contribution in [3.05, 3.63) is 100 Å². The van der Waals surface area contributed by atoms with E-state index in [2.05, 4.69) is 9.88 Å². The molecule has 0 atom stereocenters. The van der Waals surface area contributed by atoms with Gasteiger partial charge in [-0.25, -0.2) is 4.39 Å². The first-order chi connectivity index (χ1) is 18.9. The summed E-state index contributed by atoms with van der Waals surface area (Å²) in [6.45, 7) is 0.709. The van der Waals surface area contributed by atoms with Crippen LogP contribution in [0.4, 0.5) is 14.9 Å². The highest BCUT2D eigenvalue weighted by atomic mass is 35.5. The highest BCUT2D eigenvalue weighted by Gasteiger charge is 2.36. The number of hydrogen-bond donors (Lipinski definition) is 1. The Morgan fingerprint density at radius 3 is 2.56 bits per heavy atom. The fourth-order valence-corrected chi connectivity index (χ4v) is 5.23. The molecule has 4 aromatic rings. The van der Waals surface area contributed by atoms with Crippen LogP contribution in [0.1, 0.15) is 12.0 Å². The van der Waals surface area contributed by atoms with Crippen LogP contribution in [0.15, 0.2) is 83.9 Å². The van der Waals surface area contributed by atoms with Crippen molar-refractivity contribution in [2.75, 3.05) is 18.5 Å². The van der Waals surface area contributed by atoms with E-state index in [1.165, 1.54) is 24.3 Å². The van der Waals surface area contributed by atoms with E-state index in [0.717, 1.165) is 39.5 Å². The van der Waals surface area contributed by atoms with Gasteiger partial charge in [0.15, 0.2) is 0 Å². The van der Waals surface area contributed by atoms with Gasteiger partial charge >= 0.3 is 0 Å². The van der Waals surface area contributed by atoms with E-state index < -0.39 is 29.4 Å². The fraction of sp³-hybridized carbons (Fsp3) is 0.138. The van der Waals surface area contributed by atoms with Crippen molar-refractivity contribution < 1.29 is 23.5 Å². The van der Waals surface area contributed by atoms with Crippen molar-refractivity contribution >= 4 is 63.1 Å². The number of ether oxygens (including phenoxy) is 1. The number of carbonyl (C=O) groups excluding carboxylic acids is 3. The number of anilines is 1. The van der Waals surface area contributed by atoms with Gasteiger partial charge in [0.25, 0.3) is 11.1 Å². The molecule has 1 aliphatic rings. The number of aryl methyl sites for hydroxylation is 1. The monoisotopic (exact) mass is 563 g/mol. The molecule has 198 valence electrons. The average molecular weight is 564 g/mol. The highest BCUT2D eigenvalue weighted by molar-refractivity contribution is 8.18. The van der Waals surface area contributed by atoms with Crippen molar-refractivity contribution in [1.29, 1.82) is 0 Å². The van der Waals surface area contributed by atoms with Crippen molar-refractivity contribution in [2.24, 2.45) is 0 Å². The molecule has 0 saturated carbocycles. The Balaban J connectivity index is 1.27. The predicted molar refractivity (Wildman–Crippen MR) is 151 cm³/mol. The summed E-state index contributed by atoms with van der Waals surface area (Å²) in [5.41, 5.74) is 2.15. The third-order valence-electron chi connectivity index (χ3n) is 6.05. The molecule has 1 saturated heterocycles. The number of thioether (sulfide) groups is 1. The number of carbonyl (C=O) groups is 3. The maximum Gasteiger partial charge on any atom is 0.294 e. The van der Waals surface area contributed by atoms with E-state index in [9.17, 15) is 18.8 Å². The van der Waals surface area contributed by atoms with E-state index in [1.54, 1.807) is 12.1 Å². The quantitative estimate of drug-likeness (QED) is 0.184. The van der Waals surface area contributed by atoms with Crippen LogP contribution in [0.25, 0.3) is 17.0 Å². The number of aromatic nitrogens is 1. The van der Waals surface area contributed by atoms with Crippen molar-refractivity contribution in [2.45, 2.75) is 13.0 Å². The molecule has 0 unspecified atom stereocenters. The van der Waals surface area contributed by atoms with Crippen LogP contribution in [0.2, 0.25) is 5.02 Å². The summed E-state index contributed by atoms with van der Waals surface area (Å²) in [5.74, 6) is -0.889. The van der Waals surface area contributed by atoms with Crippen LogP contribution in [0.3, 0.4) is 0 Å². The summed E-state index contributed by atoms with van der Waals surface area (Å²) in [7, 11) is 0. The zero-order valence-electron chi connectivity index (χ0n) is 20.6.